The zero-order valence-electron chi connectivity index (χ0n) is 11.7. The lowest BCUT2D eigenvalue weighted by Crippen LogP contribution is -2.38. The van der Waals surface area contributed by atoms with Crippen molar-refractivity contribution >= 4 is 17.3 Å². The van der Waals surface area contributed by atoms with E-state index in [1.165, 1.54) is 12.1 Å². The molecule has 3 rings (SSSR count). The number of aliphatic carboxylic acids is 1. The van der Waals surface area contributed by atoms with Crippen molar-refractivity contribution in [2.45, 2.75) is 25.9 Å². The summed E-state index contributed by atoms with van der Waals surface area (Å²) in [5, 5.41) is 11.5. The second kappa shape index (κ2) is 5.58. The van der Waals surface area contributed by atoms with Crippen molar-refractivity contribution in [3.8, 4) is 0 Å². The molecule has 110 valence electrons. The lowest BCUT2D eigenvalue weighted by molar-refractivity contribution is -0.144. The van der Waals surface area contributed by atoms with Crippen LogP contribution < -0.4 is 0 Å². The average Bonchev–Trinajstić information content (AvgIpc) is 2.90. The Bertz CT molecular complexity index is 683. The molecule has 1 N–H and O–H groups in total. The number of nitrogens with zero attached hydrogens (tertiary/aromatic N) is 1. The number of carboxylic acids is 1. The summed E-state index contributed by atoms with van der Waals surface area (Å²) >= 11 is 1.61. The molecule has 0 fully saturated rings. The number of aryl methyl sites for hydroxylation is 1. The Morgan fingerprint density at radius 2 is 2.29 bits per heavy atom. The maximum absolute atomic E-state index is 13.4. The van der Waals surface area contributed by atoms with Crippen LogP contribution in [0.4, 0.5) is 4.39 Å². The van der Waals surface area contributed by atoms with Crippen molar-refractivity contribution < 1.29 is 14.3 Å². The first-order valence-electron chi connectivity index (χ1n) is 6.84. The molecule has 1 unspecified atom stereocenters. The average molecular weight is 305 g/mol. The van der Waals surface area contributed by atoms with Gasteiger partial charge in [0.25, 0.3) is 0 Å². The minimum atomic E-state index is -0.844. The van der Waals surface area contributed by atoms with Gasteiger partial charge in [-0.3, -0.25) is 9.69 Å². The van der Waals surface area contributed by atoms with Gasteiger partial charge in [0.1, 0.15) is 11.9 Å². The third kappa shape index (κ3) is 2.71. The lowest BCUT2D eigenvalue weighted by Gasteiger charge is -2.33. The first-order chi connectivity index (χ1) is 10.1. The summed E-state index contributed by atoms with van der Waals surface area (Å²) in [6.07, 6.45) is 0.852. The van der Waals surface area contributed by atoms with E-state index in [-0.39, 0.29) is 5.82 Å². The first kappa shape index (κ1) is 14.2. The second-order valence-corrected chi connectivity index (χ2v) is 6.33. The number of carbonyl (C=O) groups is 1. The van der Waals surface area contributed by atoms with Gasteiger partial charge in [0.15, 0.2) is 0 Å². The Balaban J connectivity index is 1.91. The maximum atomic E-state index is 13.4. The highest BCUT2D eigenvalue weighted by Gasteiger charge is 2.33. The molecule has 2 heterocycles. The molecule has 1 aromatic heterocycles. The van der Waals surface area contributed by atoms with Gasteiger partial charge in [0.05, 0.1) is 0 Å². The normalized spacial score (nSPS) is 18.5. The molecule has 1 aliphatic rings. The molecule has 0 aliphatic carbocycles. The van der Waals surface area contributed by atoms with Crippen LogP contribution in [0, 0.1) is 12.7 Å². The highest BCUT2D eigenvalue weighted by molar-refractivity contribution is 7.10. The summed E-state index contributed by atoms with van der Waals surface area (Å²) in [6, 6.07) is 5.92. The van der Waals surface area contributed by atoms with E-state index in [4.69, 9.17) is 0 Å². The number of carboxylic acid groups (broad SMARTS) is 1. The Hall–Kier alpha value is -1.72. The van der Waals surface area contributed by atoms with E-state index in [1.807, 2.05) is 23.3 Å². The van der Waals surface area contributed by atoms with E-state index in [2.05, 4.69) is 0 Å². The molecule has 1 aromatic carbocycles. The van der Waals surface area contributed by atoms with Crippen LogP contribution in [0.2, 0.25) is 0 Å². The monoisotopic (exact) mass is 305 g/mol. The Morgan fingerprint density at radius 1 is 1.48 bits per heavy atom. The number of benzene rings is 1. The molecule has 1 aliphatic heterocycles. The Morgan fingerprint density at radius 3 is 3.05 bits per heavy atom. The van der Waals surface area contributed by atoms with E-state index >= 15 is 0 Å². The Kier molecular flexibility index (Phi) is 3.78. The van der Waals surface area contributed by atoms with Gasteiger partial charge < -0.3 is 5.11 Å². The van der Waals surface area contributed by atoms with E-state index in [0.717, 1.165) is 28.0 Å². The van der Waals surface area contributed by atoms with E-state index in [9.17, 15) is 14.3 Å². The van der Waals surface area contributed by atoms with Gasteiger partial charge in [-0.2, -0.15) is 0 Å². The van der Waals surface area contributed by atoms with Crippen LogP contribution in [-0.4, -0.2) is 22.5 Å². The standard InChI is InChI=1S/C16H16FNO2S/c1-10-2-3-12(17)8-11(10)9-18-6-4-14-13(5-7-21-14)15(18)16(19)20/h2-3,5,7-8,15H,4,6,9H2,1H3,(H,19,20). The Labute approximate surface area is 126 Å². The van der Waals surface area contributed by atoms with Crippen LogP contribution >= 0.6 is 11.3 Å². The minimum Gasteiger partial charge on any atom is -0.480 e. The van der Waals surface area contributed by atoms with Crippen LogP contribution in [-0.2, 0) is 17.8 Å². The zero-order valence-corrected chi connectivity index (χ0v) is 12.5. The molecule has 21 heavy (non-hydrogen) atoms. The van der Waals surface area contributed by atoms with Crippen molar-refractivity contribution in [2.24, 2.45) is 0 Å². The number of fused-ring (bicyclic) bond motifs is 1. The number of thiophene rings is 1. The molecule has 0 bridgehead atoms. The third-order valence-corrected chi connectivity index (χ3v) is 4.98. The molecule has 0 radical (unpaired) electrons. The molecule has 5 heteroatoms. The minimum absolute atomic E-state index is 0.282. The van der Waals surface area contributed by atoms with Gasteiger partial charge in [0.2, 0.25) is 0 Å². The predicted molar refractivity (Wildman–Crippen MR) is 79.9 cm³/mol. The highest BCUT2D eigenvalue weighted by atomic mass is 32.1. The van der Waals surface area contributed by atoms with Gasteiger partial charge in [-0.05, 0) is 53.6 Å². The smallest absolute Gasteiger partial charge is 0.325 e. The largest absolute Gasteiger partial charge is 0.480 e. The quantitative estimate of drug-likeness (QED) is 0.945. The molecule has 0 saturated heterocycles. The van der Waals surface area contributed by atoms with Gasteiger partial charge >= 0.3 is 5.97 Å². The fraction of sp³-hybridized carbons (Fsp3) is 0.312. The van der Waals surface area contributed by atoms with Gasteiger partial charge in [-0.1, -0.05) is 6.07 Å². The van der Waals surface area contributed by atoms with Gasteiger partial charge in [-0.25, -0.2) is 4.39 Å². The predicted octanol–water partition coefficient (Wildman–Crippen LogP) is 3.38. The summed E-state index contributed by atoms with van der Waals surface area (Å²) < 4.78 is 13.4. The number of halogens is 1. The van der Waals surface area contributed by atoms with Gasteiger partial charge in [-0.15, -0.1) is 11.3 Å². The summed E-state index contributed by atoms with van der Waals surface area (Å²) in [7, 11) is 0. The summed E-state index contributed by atoms with van der Waals surface area (Å²) in [5.74, 6) is -1.13. The highest BCUT2D eigenvalue weighted by Crippen LogP contribution is 2.34. The zero-order chi connectivity index (χ0) is 15.0. The molecular formula is C16H16FNO2S. The fourth-order valence-corrected chi connectivity index (χ4v) is 3.76. The second-order valence-electron chi connectivity index (χ2n) is 5.33. The molecule has 3 nitrogen and oxygen atoms in total. The summed E-state index contributed by atoms with van der Waals surface area (Å²) in [5.41, 5.74) is 2.71. The molecule has 0 spiro atoms. The fourth-order valence-electron chi connectivity index (χ4n) is 2.86. The molecule has 0 amide bonds. The van der Waals surface area contributed by atoms with E-state index < -0.39 is 12.0 Å². The lowest BCUT2D eigenvalue weighted by atomic mass is 9.98. The third-order valence-electron chi connectivity index (χ3n) is 3.98. The number of rotatable bonds is 3. The van der Waals surface area contributed by atoms with Gasteiger partial charge in [0, 0.05) is 18.0 Å². The van der Waals surface area contributed by atoms with Crippen LogP contribution in [0.3, 0.4) is 0 Å². The molecule has 1 atom stereocenters. The van der Waals surface area contributed by atoms with Crippen LogP contribution in [0.5, 0.6) is 0 Å². The van der Waals surface area contributed by atoms with Crippen molar-refractivity contribution in [3.05, 3.63) is 57.0 Å². The van der Waals surface area contributed by atoms with E-state index in [1.54, 1.807) is 17.4 Å². The van der Waals surface area contributed by atoms with Crippen LogP contribution in [0.25, 0.3) is 0 Å². The maximum Gasteiger partial charge on any atom is 0.325 e. The summed E-state index contributed by atoms with van der Waals surface area (Å²) in [6.45, 7) is 3.06. The van der Waals surface area contributed by atoms with Crippen molar-refractivity contribution in [3.63, 3.8) is 0 Å². The van der Waals surface area contributed by atoms with E-state index in [0.29, 0.717) is 13.1 Å². The molecule has 2 aromatic rings. The van der Waals surface area contributed by atoms with Crippen molar-refractivity contribution in [2.75, 3.05) is 6.54 Å². The first-order valence-corrected chi connectivity index (χ1v) is 7.72. The van der Waals surface area contributed by atoms with Crippen molar-refractivity contribution in [1.82, 2.24) is 4.90 Å². The van der Waals surface area contributed by atoms with Crippen molar-refractivity contribution in [1.29, 1.82) is 0 Å². The molecular weight excluding hydrogens is 289 g/mol. The number of hydrogen-bond donors (Lipinski definition) is 1. The molecule has 0 saturated carbocycles. The SMILES string of the molecule is Cc1ccc(F)cc1CN1CCc2sccc2C1C(=O)O. The summed E-state index contributed by atoms with van der Waals surface area (Å²) in [4.78, 5) is 14.7. The van der Waals surface area contributed by atoms with Crippen LogP contribution in [0.15, 0.2) is 29.6 Å². The topological polar surface area (TPSA) is 40.5 Å². The van der Waals surface area contributed by atoms with Crippen LogP contribution in [0.1, 0.15) is 27.6 Å². The number of hydrogen-bond acceptors (Lipinski definition) is 3.